The Labute approximate surface area is 147 Å². The van der Waals surface area contributed by atoms with Crippen LogP contribution < -0.4 is 11.1 Å². The van der Waals surface area contributed by atoms with Gasteiger partial charge in [0.05, 0.1) is 0 Å². The van der Waals surface area contributed by atoms with Gasteiger partial charge in [-0.3, -0.25) is 9.78 Å². The number of aromatic nitrogens is 1. The van der Waals surface area contributed by atoms with Crippen molar-refractivity contribution >= 4 is 23.2 Å². The summed E-state index contributed by atoms with van der Waals surface area (Å²) in [5.41, 5.74) is 7.88. The van der Waals surface area contributed by atoms with Crippen LogP contribution in [0.15, 0.2) is 42.6 Å². The number of carbonyl (C=O) groups excluding carboxylic acids is 1. The van der Waals surface area contributed by atoms with Crippen LogP contribution in [-0.4, -0.2) is 17.4 Å². The zero-order chi connectivity index (χ0) is 17.0. The van der Waals surface area contributed by atoms with Gasteiger partial charge < -0.3 is 11.1 Å². The molecular weight excluding hydrogens is 322 g/mol. The fraction of sp³-hybridized carbons (Fsp3) is 0.368. The summed E-state index contributed by atoms with van der Waals surface area (Å²) in [7, 11) is 0. The quantitative estimate of drug-likeness (QED) is 0.857. The molecule has 1 saturated carbocycles. The maximum Gasteiger partial charge on any atom is 0.267 e. The molecule has 0 unspecified atom stereocenters. The molecule has 3 N–H and O–H groups in total. The minimum atomic E-state index is -0.510. The first-order valence-electron chi connectivity index (χ1n) is 8.35. The molecule has 0 radical (unpaired) electrons. The number of primary amides is 1. The molecule has 24 heavy (non-hydrogen) atoms. The van der Waals surface area contributed by atoms with Gasteiger partial charge in [0.25, 0.3) is 5.91 Å². The molecule has 4 nitrogen and oxygen atoms in total. The molecule has 1 heterocycles. The number of carbonyl (C=O) groups is 1. The second-order valence-electron chi connectivity index (χ2n) is 6.50. The van der Waals surface area contributed by atoms with E-state index < -0.39 is 5.91 Å². The van der Waals surface area contributed by atoms with Crippen LogP contribution in [0.4, 0.5) is 5.69 Å². The molecule has 1 aromatic carbocycles. The third kappa shape index (κ3) is 3.70. The topological polar surface area (TPSA) is 68.0 Å². The molecule has 5 heteroatoms. The summed E-state index contributed by atoms with van der Waals surface area (Å²) in [5.74, 6) is -0.510. The summed E-state index contributed by atoms with van der Waals surface area (Å²) in [5, 5.41) is 4.24. The minimum Gasteiger partial charge on any atom is -0.384 e. The van der Waals surface area contributed by atoms with E-state index in [1.54, 1.807) is 12.3 Å². The fourth-order valence-electron chi connectivity index (χ4n) is 3.55. The van der Waals surface area contributed by atoms with Gasteiger partial charge in [0, 0.05) is 28.9 Å². The Hall–Kier alpha value is -2.07. The van der Waals surface area contributed by atoms with Crippen molar-refractivity contribution in [2.75, 3.05) is 11.9 Å². The number of hydrogen-bond donors (Lipinski definition) is 2. The average Bonchev–Trinajstić information content (AvgIpc) is 2.61. The van der Waals surface area contributed by atoms with Gasteiger partial charge in [-0.15, -0.1) is 0 Å². The number of rotatable bonds is 5. The maximum absolute atomic E-state index is 11.3. The highest BCUT2D eigenvalue weighted by molar-refractivity contribution is 6.30. The van der Waals surface area contributed by atoms with Crippen molar-refractivity contribution in [1.82, 2.24) is 4.98 Å². The SMILES string of the molecule is NC(=O)c1cc(NCC2(c3ccc(Cl)cc3)CCCCC2)ccn1. The van der Waals surface area contributed by atoms with Gasteiger partial charge in [0.2, 0.25) is 0 Å². The molecule has 1 fully saturated rings. The van der Waals surface area contributed by atoms with E-state index in [9.17, 15) is 4.79 Å². The largest absolute Gasteiger partial charge is 0.384 e. The maximum atomic E-state index is 11.3. The molecule has 3 rings (SSSR count). The molecule has 1 amide bonds. The summed E-state index contributed by atoms with van der Waals surface area (Å²) in [6, 6.07) is 11.8. The number of pyridine rings is 1. The highest BCUT2D eigenvalue weighted by atomic mass is 35.5. The van der Waals surface area contributed by atoms with Crippen molar-refractivity contribution in [1.29, 1.82) is 0 Å². The fourth-order valence-corrected chi connectivity index (χ4v) is 3.67. The standard InChI is InChI=1S/C19H22ClN3O/c20-15-6-4-14(5-7-15)19(9-2-1-3-10-19)13-23-16-8-11-22-17(12-16)18(21)24/h4-8,11-12H,1-3,9-10,13H2,(H2,21,24)(H,22,23). The van der Waals surface area contributed by atoms with Gasteiger partial charge in [0.1, 0.15) is 5.69 Å². The number of benzene rings is 1. The highest BCUT2D eigenvalue weighted by Crippen LogP contribution is 2.40. The smallest absolute Gasteiger partial charge is 0.267 e. The Kier molecular flexibility index (Phi) is 5.05. The first-order chi connectivity index (χ1) is 11.6. The molecule has 0 saturated heterocycles. The van der Waals surface area contributed by atoms with Crippen LogP contribution in [0.5, 0.6) is 0 Å². The van der Waals surface area contributed by atoms with Crippen molar-refractivity contribution in [3.8, 4) is 0 Å². The molecule has 126 valence electrons. The first-order valence-corrected chi connectivity index (χ1v) is 8.73. The van der Waals surface area contributed by atoms with Crippen LogP contribution >= 0.6 is 11.6 Å². The third-order valence-electron chi connectivity index (χ3n) is 4.91. The van der Waals surface area contributed by atoms with E-state index in [2.05, 4.69) is 22.4 Å². The Morgan fingerprint density at radius 1 is 1.17 bits per heavy atom. The molecular formula is C19H22ClN3O. The molecule has 2 aromatic rings. The molecule has 1 aliphatic rings. The molecule has 0 bridgehead atoms. The lowest BCUT2D eigenvalue weighted by molar-refractivity contribution is 0.0995. The Morgan fingerprint density at radius 3 is 2.54 bits per heavy atom. The van der Waals surface area contributed by atoms with Crippen LogP contribution in [-0.2, 0) is 5.41 Å². The van der Waals surface area contributed by atoms with Crippen LogP contribution in [0.2, 0.25) is 5.02 Å². The number of nitrogens with one attached hydrogen (secondary N) is 1. The number of halogens is 1. The zero-order valence-corrected chi connectivity index (χ0v) is 14.4. The van der Waals surface area contributed by atoms with E-state index in [-0.39, 0.29) is 11.1 Å². The lowest BCUT2D eigenvalue weighted by Gasteiger charge is -2.38. The molecule has 0 atom stereocenters. The molecule has 0 aliphatic heterocycles. The Morgan fingerprint density at radius 2 is 1.88 bits per heavy atom. The molecule has 1 aliphatic carbocycles. The summed E-state index contributed by atoms with van der Waals surface area (Å²) < 4.78 is 0. The van der Waals surface area contributed by atoms with Gasteiger partial charge in [-0.1, -0.05) is 43.0 Å². The van der Waals surface area contributed by atoms with Gasteiger partial charge >= 0.3 is 0 Å². The molecule has 0 spiro atoms. The van der Waals surface area contributed by atoms with Gasteiger partial charge in [-0.2, -0.15) is 0 Å². The summed E-state index contributed by atoms with van der Waals surface area (Å²) in [4.78, 5) is 15.3. The predicted octanol–water partition coefficient (Wildman–Crippen LogP) is 4.15. The van der Waals surface area contributed by atoms with Crippen LogP contribution in [0.25, 0.3) is 0 Å². The highest BCUT2D eigenvalue weighted by Gasteiger charge is 2.33. The van der Waals surface area contributed by atoms with E-state index in [0.29, 0.717) is 0 Å². The van der Waals surface area contributed by atoms with Crippen molar-refractivity contribution in [3.05, 3.63) is 58.9 Å². The normalized spacial score (nSPS) is 16.5. The minimum absolute atomic E-state index is 0.0962. The van der Waals surface area contributed by atoms with Crippen molar-refractivity contribution in [3.63, 3.8) is 0 Å². The monoisotopic (exact) mass is 343 g/mol. The third-order valence-corrected chi connectivity index (χ3v) is 5.16. The van der Waals surface area contributed by atoms with Gasteiger partial charge in [-0.05, 0) is 42.7 Å². The predicted molar refractivity (Wildman–Crippen MR) is 97.5 cm³/mol. The summed E-state index contributed by atoms with van der Waals surface area (Å²) in [6.45, 7) is 0.816. The number of amides is 1. The van der Waals surface area contributed by atoms with Crippen molar-refractivity contribution in [2.24, 2.45) is 5.73 Å². The molecule has 1 aromatic heterocycles. The van der Waals surface area contributed by atoms with E-state index in [1.807, 2.05) is 18.2 Å². The van der Waals surface area contributed by atoms with E-state index in [4.69, 9.17) is 17.3 Å². The van der Waals surface area contributed by atoms with Gasteiger partial charge in [-0.25, -0.2) is 0 Å². The number of nitrogens with two attached hydrogens (primary N) is 1. The van der Waals surface area contributed by atoms with E-state index in [1.165, 1.54) is 24.8 Å². The van der Waals surface area contributed by atoms with E-state index >= 15 is 0 Å². The van der Waals surface area contributed by atoms with Crippen molar-refractivity contribution in [2.45, 2.75) is 37.5 Å². The summed E-state index contributed by atoms with van der Waals surface area (Å²) >= 11 is 6.05. The number of nitrogens with zero attached hydrogens (tertiary/aromatic N) is 1. The lowest BCUT2D eigenvalue weighted by atomic mass is 9.69. The van der Waals surface area contributed by atoms with Crippen LogP contribution in [0.3, 0.4) is 0 Å². The first kappa shape index (κ1) is 16.8. The Bertz CT molecular complexity index is 709. The number of anilines is 1. The van der Waals surface area contributed by atoms with Gasteiger partial charge in [0.15, 0.2) is 0 Å². The van der Waals surface area contributed by atoms with Crippen LogP contribution in [0.1, 0.15) is 48.2 Å². The second kappa shape index (κ2) is 7.22. The summed E-state index contributed by atoms with van der Waals surface area (Å²) in [6.07, 6.45) is 7.65. The van der Waals surface area contributed by atoms with Crippen molar-refractivity contribution < 1.29 is 4.79 Å². The number of hydrogen-bond acceptors (Lipinski definition) is 3. The average molecular weight is 344 g/mol. The lowest BCUT2D eigenvalue weighted by Crippen LogP contribution is -2.36. The van der Waals surface area contributed by atoms with Crippen LogP contribution in [0, 0.1) is 0 Å². The van der Waals surface area contributed by atoms with E-state index in [0.717, 1.165) is 30.1 Å². The second-order valence-corrected chi connectivity index (χ2v) is 6.93. The Balaban J connectivity index is 1.81. The zero-order valence-electron chi connectivity index (χ0n) is 13.6.